The van der Waals surface area contributed by atoms with E-state index in [2.05, 4.69) is 20.7 Å². The number of aryl methyl sites for hydroxylation is 1. The van der Waals surface area contributed by atoms with Gasteiger partial charge < -0.3 is 4.74 Å². The Morgan fingerprint density at radius 2 is 2.00 bits per heavy atom. The average molecular weight is 269 g/mol. The van der Waals surface area contributed by atoms with Crippen LogP contribution in [0.1, 0.15) is 11.1 Å². The van der Waals surface area contributed by atoms with E-state index >= 15 is 0 Å². The summed E-state index contributed by atoms with van der Waals surface area (Å²) < 4.78 is 39.6. The van der Waals surface area contributed by atoms with Crippen LogP contribution in [0.25, 0.3) is 0 Å². The van der Waals surface area contributed by atoms with Crippen molar-refractivity contribution in [2.24, 2.45) is 0 Å². The third kappa shape index (κ3) is 3.21. The van der Waals surface area contributed by atoms with Gasteiger partial charge in [0.15, 0.2) is 0 Å². The first kappa shape index (κ1) is 11.4. The number of rotatable bonds is 2. The molecule has 0 saturated carbocycles. The molecule has 14 heavy (non-hydrogen) atoms. The minimum Gasteiger partial charge on any atom is -0.406 e. The Bertz CT molecular complexity index is 322. The van der Waals surface area contributed by atoms with Crippen molar-refractivity contribution in [2.45, 2.75) is 18.6 Å². The summed E-state index contributed by atoms with van der Waals surface area (Å²) in [6.45, 7) is 1.57. The van der Waals surface area contributed by atoms with E-state index in [4.69, 9.17) is 0 Å². The third-order valence-electron chi connectivity index (χ3n) is 1.63. The van der Waals surface area contributed by atoms with E-state index < -0.39 is 6.36 Å². The Kier molecular flexibility index (Phi) is 3.42. The first-order valence-electron chi connectivity index (χ1n) is 3.83. The summed E-state index contributed by atoms with van der Waals surface area (Å²) in [7, 11) is 0. The van der Waals surface area contributed by atoms with E-state index in [-0.39, 0.29) is 5.75 Å². The molecule has 0 radical (unpaired) electrons. The van der Waals surface area contributed by atoms with Gasteiger partial charge in [-0.3, -0.25) is 0 Å². The molecule has 0 aliphatic rings. The zero-order valence-corrected chi connectivity index (χ0v) is 8.95. The largest absolute Gasteiger partial charge is 0.573 e. The highest BCUT2D eigenvalue weighted by atomic mass is 79.9. The molecule has 5 heteroatoms. The minimum atomic E-state index is -4.63. The molecule has 0 N–H and O–H groups in total. The summed E-state index contributed by atoms with van der Waals surface area (Å²) in [4.78, 5) is 0. The van der Waals surface area contributed by atoms with Crippen LogP contribution in [0, 0.1) is 6.92 Å². The summed E-state index contributed by atoms with van der Waals surface area (Å²) in [5.74, 6) is -0.144. The Morgan fingerprint density at radius 3 is 2.50 bits per heavy atom. The Hall–Kier alpha value is -0.710. The summed E-state index contributed by atoms with van der Waals surface area (Å²) in [5, 5.41) is 0.501. The molecule has 1 nitrogen and oxygen atoms in total. The van der Waals surface area contributed by atoms with Gasteiger partial charge in [-0.05, 0) is 24.1 Å². The second-order valence-corrected chi connectivity index (χ2v) is 3.34. The quantitative estimate of drug-likeness (QED) is 0.742. The van der Waals surface area contributed by atoms with Crippen LogP contribution in [0.2, 0.25) is 0 Å². The first-order chi connectivity index (χ1) is 6.42. The lowest BCUT2D eigenvalue weighted by atomic mass is 10.1. The van der Waals surface area contributed by atoms with Crippen molar-refractivity contribution in [1.29, 1.82) is 0 Å². The average Bonchev–Trinajstić information content (AvgIpc) is 2.06. The van der Waals surface area contributed by atoms with Crippen LogP contribution in [0.15, 0.2) is 18.2 Å². The van der Waals surface area contributed by atoms with Crippen LogP contribution in [-0.2, 0) is 5.33 Å². The van der Waals surface area contributed by atoms with E-state index in [0.29, 0.717) is 10.9 Å². The van der Waals surface area contributed by atoms with Gasteiger partial charge in [-0.1, -0.05) is 28.1 Å². The van der Waals surface area contributed by atoms with Gasteiger partial charge in [0.05, 0.1) is 0 Å². The predicted molar refractivity (Wildman–Crippen MR) is 50.5 cm³/mol. The highest BCUT2D eigenvalue weighted by molar-refractivity contribution is 9.08. The van der Waals surface area contributed by atoms with Gasteiger partial charge in [-0.25, -0.2) is 0 Å². The number of ether oxygens (including phenoxy) is 1. The molecule has 0 fully saturated rings. The molecular weight excluding hydrogens is 261 g/mol. The predicted octanol–water partition coefficient (Wildman–Crippen LogP) is 3.79. The lowest BCUT2D eigenvalue weighted by Gasteiger charge is -2.11. The maximum atomic E-state index is 11.9. The summed E-state index contributed by atoms with van der Waals surface area (Å²) in [6, 6.07) is 4.71. The molecule has 0 bridgehead atoms. The summed E-state index contributed by atoms with van der Waals surface area (Å²) in [5.41, 5.74) is 1.21. The molecule has 78 valence electrons. The SMILES string of the molecule is Cc1ccc(CBr)cc1OC(F)(F)F. The molecule has 1 rings (SSSR count). The Morgan fingerprint density at radius 1 is 1.36 bits per heavy atom. The van der Waals surface area contributed by atoms with Gasteiger partial charge in [0.2, 0.25) is 0 Å². The van der Waals surface area contributed by atoms with Crippen molar-refractivity contribution in [3.8, 4) is 5.75 Å². The topological polar surface area (TPSA) is 9.23 Å². The zero-order valence-electron chi connectivity index (χ0n) is 7.36. The molecule has 0 heterocycles. The van der Waals surface area contributed by atoms with Crippen LogP contribution in [0.5, 0.6) is 5.75 Å². The number of alkyl halides is 4. The molecule has 1 aromatic rings. The van der Waals surface area contributed by atoms with E-state index in [1.165, 1.54) is 6.07 Å². The highest BCUT2D eigenvalue weighted by Gasteiger charge is 2.31. The smallest absolute Gasteiger partial charge is 0.406 e. The normalized spacial score (nSPS) is 11.5. The van der Waals surface area contributed by atoms with Crippen LogP contribution >= 0.6 is 15.9 Å². The molecule has 1 aromatic carbocycles. The molecular formula is C9H8BrF3O. The van der Waals surface area contributed by atoms with Crippen LogP contribution in [0.3, 0.4) is 0 Å². The molecule has 0 saturated heterocycles. The number of benzene rings is 1. The van der Waals surface area contributed by atoms with Gasteiger partial charge >= 0.3 is 6.36 Å². The zero-order chi connectivity index (χ0) is 10.8. The number of halogens is 4. The summed E-state index contributed by atoms with van der Waals surface area (Å²) in [6.07, 6.45) is -4.63. The maximum absolute atomic E-state index is 11.9. The van der Waals surface area contributed by atoms with Crippen molar-refractivity contribution in [1.82, 2.24) is 0 Å². The fourth-order valence-electron chi connectivity index (χ4n) is 0.962. The summed E-state index contributed by atoms with van der Waals surface area (Å²) >= 11 is 3.16. The van der Waals surface area contributed by atoms with E-state index in [0.717, 1.165) is 5.56 Å². The van der Waals surface area contributed by atoms with Crippen LogP contribution in [0.4, 0.5) is 13.2 Å². The standard InChI is InChI=1S/C9H8BrF3O/c1-6-2-3-7(5-10)4-8(6)14-9(11,12)13/h2-4H,5H2,1H3. The van der Waals surface area contributed by atoms with Crippen molar-refractivity contribution < 1.29 is 17.9 Å². The van der Waals surface area contributed by atoms with E-state index in [1.807, 2.05) is 0 Å². The molecule has 0 aliphatic carbocycles. The Balaban J connectivity index is 2.95. The molecule has 0 unspecified atom stereocenters. The molecule has 0 amide bonds. The van der Waals surface area contributed by atoms with Gasteiger partial charge in [-0.15, -0.1) is 13.2 Å². The van der Waals surface area contributed by atoms with Crippen molar-refractivity contribution in [3.05, 3.63) is 29.3 Å². The van der Waals surface area contributed by atoms with Gasteiger partial charge in [-0.2, -0.15) is 0 Å². The van der Waals surface area contributed by atoms with Crippen molar-refractivity contribution in [2.75, 3.05) is 0 Å². The molecule has 0 aromatic heterocycles. The lowest BCUT2D eigenvalue weighted by molar-refractivity contribution is -0.274. The fraction of sp³-hybridized carbons (Fsp3) is 0.333. The number of hydrogen-bond donors (Lipinski definition) is 0. The van der Waals surface area contributed by atoms with Crippen molar-refractivity contribution >= 4 is 15.9 Å². The van der Waals surface area contributed by atoms with Crippen LogP contribution < -0.4 is 4.74 Å². The molecule has 0 aliphatic heterocycles. The highest BCUT2D eigenvalue weighted by Crippen LogP contribution is 2.27. The third-order valence-corrected chi connectivity index (χ3v) is 2.28. The fourth-order valence-corrected chi connectivity index (χ4v) is 1.31. The molecule has 0 atom stereocenters. The minimum absolute atomic E-state index is 0.144. The maximum Gasteiger partial charge on any atom is 0.573 e. The van der Waals surface area contributed by atoms with Gasteiger partial charge in [0.1, 0.15) is 5.75 Å². The Labute approximate surface area is 88.0 Å². The van der Waals surface area contributed by atoms with E-state index in [9.17, 15) is 13.2 Å². The number of hydrogen-bond acceptors (Lipinski definition) is 1. The second-order valence-electron chi connectivity index (χ2n) is 2.78. The van der Waals surface area contributed by atoms with Crippen LogP contribution in [-0.4, -0.2) is 6.36 Å². The van der Waals surface area contributed by atoms with Gasteiger partial charge in [0, 0.05) is 5.33 Å². The van der Waals surface area contributed by atoms with Gasteiger partial charge in [0.25, 0.3) is 0 Å². The monoisotopic (exact) mass is 268 g/mol. The van der Waals surface area contributed by atoms with E-state index in [1.54, 1.807) is 19.1 Å². The second kappa shape index (κ2) is 4.21. The first-order valence-corrected chi connectivity index (χ1v) is 4.96. The molecule has 0 spiro atoms. The lowest BCUT2D eigenvalue weighted by Crippen LogP contribution is -2.17. The van der Waals surface area contributed by atoms with Crippen molar-refractivity contribution in [3.63, 3.8) is 0 Å².